The van der Waals surface area contributed by atoms with Crippen LogP contribution in [0.3, 0.4) is 0 Å². The number of nitrogens with zero attached hydrogens (tertiary/aromatic N) is 4. The minimum atomic E-state index is -4.41. The van der Waals surface area contributed by atoms with Gasteiger partial charge in [0.15, 0.2) is 0 Å². The number of piperazine rings is 1. The van der Waals surface area contributed by atoms with Crippen molar-refractivity contribution in [2.75, 3.05) is 32.7 Å². The van der Waals surface area contributed by atoms with Gasteiger partial charge in [0.2, 0.25) is 0 Å². The fraction of sp³-hybridized carbons (Fsp3) is 0.438. The Kier molecular flexibility index (Phi) is 9.15. The van der Waals surface area contributed by atoms with Crippen molar-refractivity contribution in [1.29, 1.82) is 0 Å². The number of carbonyl (C=O) groups excluding carboxylic acids is 1. The lowest BCUT2D eigenvalue weighted by atomic mass is 10.2. The molecule has 1 atom stereocenters. The Bertz CT molecular complexity index is 738. The molecule has 3 rings (SSSR count). The first kappa shape index (κ1) is 24.2. The molecule has 0 saturated carbocycles. The van der Waals surface area contributed by atoms with Gasteiger partial charge in [-0.3, -0.25) is 14.3 Å². The van der Waals surface area contributed by atoms with Gasteiger partial charge in [0.25, 0.3) is 5.91 Å². The van der Waals surface area contributed by atoms with Gasteiger partial charge in [0, 0.05) is 56.9 Å². The molecule has 7 nitrogen and oxygen atoms in total. The van der Waals surface area contributed by atoms with Gasteiger partial charge in [-0.15, -0.1) is 24.8 Å². The lowest BCUT2D eigenvalue weighted by Gasteiger charge is -2.35. The van der Waals surface area contributed by atoms with Gasteiger partial charge in [-0.05, 0) is 12.1 Å². The molecule has 1 aliphatic heterocycles. The summed E-state index contributed by atoms with van der Waals surface area (Å²) in [6.45, 7) is 1.09. The fourth-order valence-corrected chi connectivity index (χ4v) is 2.83. The zero-order valence-electron chi connectivity index (χ0n) is 14.7. The zero-order chi connectivity index (χ0) is 18.6. The van der Waals surface area contributed by atoms with Gasteiger partial charge in [-0.2, -0.15) is 13.2 Å². The van der Waals surface area contributed by atoms with E-state index in [0.29, 0.717) is 32.0 Å². The molecule has 0 radical (unpaired) electrons. The van der Waals surface area contributed by atoms with Crippen LogP contribution >= 0.6 is 24.8 Å². The van der Waals surface area contributed by atoms with Gasteiger partial charge >= 0.3 is 6.18 Å². The van der Waals surface area contributed by atoms with Crippen LogP contribution in [-0.4, -0.2) is 70.3 Å². The Morgan fingerprint density at radius 3 is 2.57 bits per heavy atom. The van der Waals surface area contributed by atoms with Gasteiger partial charge in [0.1, 0.15) is 18.2 Å². The van der Waals surface area contributed by atoms with E-state index in [-0.39, 0.29) is 30.4 Å². The fourth-order valence-electron chi connectivity index (χ4n) is 2.83. The number of nitrogens with one attached hydrogen (secondary N) is 2. The number of rotatable bonds is 5. The normalized spacial score (nSPS) is 15.8. The predicted molar refractivity (Wildman–Crippen MR) is 102 cm³/mol. The van der Waals surface area contributed by atoms with Crippen LogP contribution in [0.15, 0.2) is 37.1 Å². The zero-order valence-corrected chi connectivity index (χ0v) is 16.4. The van der Waals surface area contributed by atoms with E-state index in [9.17, 15) is 18.0 Å². The average molecular weight is 441 g/mol. The van der Waals surface area contributed by atoms with E-state index in [2.05, 4.69) is 20.6 Å². The Balaban J connectivity index is 0.00000196. The van der Waals surface area contributed by atoms with Crippen LogP contribution in [0.2, 0.25) is 0 Å². The first-order chi connectivity index (χ1) is 12.4. The second-order valence-electron chi connectivity index (χ2n) is 5.93. The van der Waals surface area contributed by atoms with Gasteiger partial charge in [0.05, 0.1) is 0 Å². The van der Waals surface area contributed by atoms with Crippen LogP contribution in [0.1, 0.15) is 10.4 Å². The third-order valence-corrected chi connectivity index (χ3v) is 4.20. The van der Waals surface area contributed by atoms with E-state index >= 15 is 0 Å². The summed E-state index contributed by atoms with van der Waals surface area (Å²) in [5, 5.41) is 5.42. The molecule has 1 aliphatic rings. The Morgan fingerprint density at radius 2 is 1.96 bits per heavy atom. The highest BCUT2D eigenvalue weighted by Gasteiger charge is 2.43. The highest BCUT2D eigenvalue weighted by Crippen LogP contribution is 2.24. The standard InChI is InChI=1S/C16H19F3N6O.2ClH/c17-16(18,19)13(24-6-3-20-4-7-24)10-23-15(26)12-1-2-22-14(9-12)25-8-5-21-11-25;;/h1-2,5,8-9,11,13,20H,3-4,6-7,10H2,(H,23,26);2*1H. The molecule has 1 saturated heterocycles. The number of hydrogen-bond donors (Lipinski definition) is 2. The Morgan fingerprint density at radius 1 is 1.25 bits per heavy atom. The topological polar surface area (TPSA) is 75.1 Å². The molecule has 2 aromatic heterocycles. The highest BCUT2D eigenvalue weighted by molar-refractivity contribution is 5.94. The summed E-state index contributed by atoms with van der Waals surface area (Å²) in [5.41, 5.74) is 0.241. The van der Waals surface area contributed by atoms with Crippen molar-refractivity contribution < 1.29 is 18.0 Å². The van der Waals surface area contributed by atoms with Crippen LogP contribution in [-0.2, 0) is 0 Å². The monoisotopic (exact) mass is 440 g/mol. The third-order valence-electron chi connectivity index (χ3n) is 4.20. The van der Waals surface area contributed by atoms with E-state index in [1.165, 1.54) is 29.6 Å². The van der Waals surface area contributed by atoms with Crippen molar-refractivity contribution in [3.63, 3.8) is 0 Å². The number of alkyl halides is 3. The maximum absolute atomic E-state index is 13.4. The highest BCUT2D eigenvalue weighted by atomic mass is 35.5. The van der Waals surface area contributed by atoms with Gasteiger partial charge in [-0.25, -0.2) is 9.97 Å². The summed E-state index contributed by atoms with van der Waals surface area (Å²) >= 11 is 0. The second-order valence-corrected chi connectivity index (χ2v) is 5.93. The first-order valence-corrected chi connectivity index (χ1v) is 8.19. The lowest BCUT2D eigenvalue weighted by Crippen LogP contribution is -2.57. The number of amides is 1. The number of carbonyl (C=O) groups is 1. The minimum Gasteiger partial charge on any atom is -0.350 e. The van der Waals surface area contributed by atoms with Crippen LogP contribution in [0.4, 0.5) is 13.2 Å². The maximum atomic E-state index is 13.4. The second kappa shape index (κ2) is 10.6. The maximum Gasteiger partial charge on any atom is 0.405 e. The van der Waals surface area contributed by atoms with Crippen LogP contribution < -0.4 is 10.6 Å². The SMILES string of the molecule is Cl.Cl.O=C(NCC(N1CCNCC1)C(F)(F)F)c1ccnc(-n2ccnc2)c1. The molecule has 2 aromatic rings. The molecule has 0 aromatic carbocycles. The smallest absolute Gasteiger partial charge is 0.350 e. The van der Waals surface area contributed by atoms with Crippen molar-refractivity contribution in [2.24, 2.45) is 0 Å². The number of hydrogen-bond acceptors (Lipinski definition) is 5. The Hall–Kier alpha value is -1.88. The van der Waals surface area contributed by atoms with Crippen molar-refractivity contribution in [3.05, 3.63) is 42.6 Å². The number of pyridine rings is 1. The summed E-state index contributed by atoms with van der Waals surface area (Å²) in [6.07, 6.45) is 1.77. The summed E-state index contributed by atoms with van der Waals surface area (Å²) in [5.74, 6) is -0.109. The molecular formula is C16H21Cl2F3N6O. The number of aromatic nitrogens is 3. The summed E-state index contributed by atoms with van der Waals surface area (Å²) in [7, 11) is 0. The summed E-state index contributed by atoms with van der Waals surface area (Å²) in [4.78, 5) is 21.7. The number of imidazole rings is 1. The van der Waals surface area contributed by atoms with Crippen LogP contribution in [0, 0.1) is 0 Å². The molecule has 0 aliphatic carbocycles. The molecule has 3 heterocycles. The van der Waals surface area contributed by atoms with E-state index in [4.69, 9.17) is 0 Å². The van der Waals surface area contributed by atoms with Crippen molar-refractivity contribution in [1.82, 2.24) is 30.1 Å². The Labute approximate surface area is 172 Å². The molecule has 156 valence electrons. The largest absolute Gasteiger partial charge is 0.405 e. The molecule has 1 fully saturated rings. The predicted octanol–water partition coefficient (Wildman–Crippen LogP) is 1.68. The van der Waals surface area contributed by atoms with Gasteiger partial charge < -0.3 is 10.6 Å². The van der Waals surface area contributed by atoms with Crippen molar-refractivity contribution in [3.8, 4) is 5.82 Å². The molecule has 1 amide bonds. The van der Waals surface area contributed by atoms with E-state index in [0.717, 1.165) is 0 Å². The van der Waals surface area contributed by atoms with E-state index < -0.39 is 24.7 Å². The molecule has 1 unspecified atom stereocenters. The minimum absolute atomic E-state index is 0. The number of halogens is 5. The van der Waals surface area contributed by atoms with Crippen LogP contribution in [0.5, 0.6) is 0 Å². The van der Waals surface area contributed by atoms with E-state index in [1.54, 1.807) is 17.0 Å². The molecule has 0 spiro atoms. The van der Waals surface area contributed by atoms with Crippen LogP contribution in [0.25, 0.3) is 5.82 Å². The lowest BCUT2D eigenvalue weighted by molar-refractivity contribution is -0.183. The van der Waals surface area contributed by atoms with Gasteiger partial charge in [-0.1, -0.05) is 0 Å². The summed E-state index contributed by atoms with van der Waals surface area (Å²) in [6, 6.07) is 1.26. The molecular weight excluding hydrogens is 420 g/mol. The average Bonchev–Trinajstić information content (AvgIpc) is 3.16. The van der Waals surface area contributed by atoms with Crippen molar-refractivity contribution in [2.45, 2.75) is 12.2 Å². The molecule has 28 heavy (non-hydrogen) atoms. The molecule has 12 heteroatoms. The third kappa shape index (κ3) is 6.06. The van der Waals surface area contributed by atoms with E-state index in [1.807, 2.05) is 0 Å². The molecule has 2 N–H and O–H groups in total. The first-order valence-electron chi connectivity index (χ1n) is 8.19. The summed E-state index contributed by atoms with van der Waals surface area (Å²) < 4.78 is 41.7. The van der Waals surface area contributed by atoms with Crippen molar-refractivity contribution >= 4 is 30.7 Å². The quantitative estimate of drug-likeness (QED) is 0.739. The molecule has 0 bridgehead atoms.